The van der Waals surface area contributed by atoms with Crippen LogP contribution in [0.25, 0.3) is 0 Å². The number of nitrogens with one attached hydrogen (secondary N) is 1. The second-order valence-corrected chi connectivity index (χ2v) is 4.25. The zero-order valence-electron chi connectivity index (χ0n) is 11.7. The van der Waals surface area contributed by atoms with Crippen LogP contribution >= 0.6 is 0 Å². The summed E-state index contributed by atoms with van der Waals surface area (Å²) in [7, 11) is 1.57. The first-order valence-corrected chi connectivity index (χ1v) is 6.39. The number of nitrogens with zero attached hydrogens (tertiary/aromatic N) is 1. The number of pyridine rings is 1. The van der Waals surface area contributed by atoms with Crippen molar-refractivity contribution in [1.29, 1.82) is 0 Å². The molecule has 1 unspecified atom stereocenters. The molecule has 0 aromatic carbocycles. The molecule has 116 valence electrons. The number of aromatic nitrogens is 1. The number of hydrogen-bond donors (Lipinski definition) is 3. The number of carbonyl (C=O) groups is 2. The normalized spacial score (nSPS) is 11.7. The van der Waals surface area contributed by atoms with E-state index in [4.69, 9.17) is 20.3 Å². The van der Waals surface area contributed by atoms with E-state index >= 15 is 0 Å². The first kappa shape index (κ1) is 16.9. The van der Waals surface area contributed by atoms with Crippen molar-refractivity contribution < 1.29 is 24.2 Å². The highest BCUT2D eigenvalue weighted by Crippen LogP contribution is 2.12. The van der Waals surface area contributed by atoms with Crippen molar-refractivity contribution in [1.82, 2.24) is 4.98 Å². The molecule has 0 aliphatic heterocycles. The van der Waals surface area contributed by atoms with Gasteiger partial charge in [-0.3, -0.25) is 9.59 Å². The Hall–Kier alpha value is -2.19. The van der Waals surface area contributed by atoms with Gasteiger partial charge in [0.15, 0.2) is 0 Å². The maximum atomic E-state index is 11.7. The number of rotatable bonds is 9. The van der Waals surface area contributed by atoms with Crippen LogP contribution in [0.15, 0.2) is 18.3 Å². The molecule has 21 heavy (non-hydrogen) atoms. The van der Waals surface area contributed by atoms with E-state index in [2.05, 4.69) is 10.3 Å². The predicted molar refractivity (Wildman–Crippen MR) is 75.1 cm³/mol. The van der Waals surface area contributed by atoms with Gasteiger partial charge in [-0.2, -0.15) is 0 Å². The summed E-state index contributed by atoms with van der Waals surface area (Å²) in [6.45, 7) is 0.841. The Morgan fingerprint density at radius 2 is 2.19 bits per heavy atom. The second kappa shape index (κ2) is 8.88. The molecule has 0 saturated carbocycles. The van der Waals surface area contributed by atoms with E-state index in [0.29, 0.717) is 24.8 Å². The Bertz CT molecular complexity index is 463. The van der Waals surface area contributed by atoms with Crippen molar-refractivity contribution in [2.24, 2.45) is 5.73 Å². The molecule has 0 bridgehead atoms. The minimum Gasteiger partial charge on any atom is -0.481 e. The van der Waals surface area contributed by atoms with Gasteiger partial charge < -0.3 is 25.6 Å². The average Bonchev–Trinajstić information content (AvgIpc) is 2.46. The topological polar surface area (TPSA) is 124 Å². The van der Waals surface area contributed by atoms with Gasteiger partial charge in [0.1, 0.15) is 6.61 Å². The first-order chi connectivity index (χ1) is 10.0. The number of carboxylic acids is 1. The summed E-state index contributed by atoms with van der Waals surface area (Å²) in [5.74, 6) is -1.02. The average molecular weight is 297 g/mol. The van der Waals surface area contributed by atoms with Gasteiger partial charge in [0, 0.05) is 19.6 Å². The highest BCUT2D eigenvalue weighted by Gasteiger charge is 2.15. The number of carbonyl (C=O) groups excluding carboxylic acids is 1. The van der Waals surface area contributed by atoms with Crippen LogP contribution in [0.4, 0.5) is 5.69 Å². The lowest BCUT2D eigenvalue weighted by molar-refractivity contribution is -0.137. The van der Waals surface area contributed by atoms with Crippen LogP contribution in [0.1, 0.15) is 12.8 Å². The highest BCUT2D eigenvalue weighted by molar-refractivity contribution is 5.94. The lowest BCUT2D eigenvalue weighted by atomic mass is 10.1. The van der Waals surface area contributed by atoms with Crippen LogP contribution in [-0.2, 0) is 14.3 Å². The van der Waals surface area contributed by atoms with E-state index in [9.17, 15) is 9.59 Å². The molecule has 1 amide bonds. The second-order valence-electron chi connectivity index (χ2n) is 4.25. The maximum Gasteiger partial charge on any atom is 0.303 e. The van der Waals surface area contributed by atoms with Gasteiger partial charge in [0.2, 0.25) is 11.8 Å². The van der Waals surface area contributed by atoms with E-state index in [1.54, 1.807) is 19.2 Å². The molecule has 0 saturated heterocycles. The quantitative estimate of drug-likeness (QED) is 0.557. The van der Waals surface area contributed by atoms with Crippen LogP contribution in [0.3, 0.4) is 0 Å². The number of amides is 1. The minimum absolute atomic E-state index is 0.0762. The van der Waals surface area contributed by atoms with Crippen LogP contribution in [0, 0.1) is 0 Å². The maximum absolute atomic E-state index is 11.7. The Kier molecular flexibility index (Phi) is 7.13. The molecule has 0 spiro atoms. The third kappa shape index (κ3) is 6.68. The fourth-order valence-electron chi connectivity index (χ4n) is 1.41. The van der Waals surface area contributed by atoms with Crippen molar-refractivity contribution in [2.45, 2.75) is 18.9 Å². The molecule has 0 aliphatic carbocycles. The van der Waals surface area contributed by atoms with Gasteiger partial charge in [-0.15, -0.1) is 0 Å². The zero-order valence-corrected chi connectivity index (χ0v) is 11.7. The Balaban J connectivity index is 2.43. The summed E-state index contributed by atoms with van der Waals surface area (Å²) in [5.41, 5.74) is 6.05. The van der Waals surface area contributed by atoms with E-state index in [0.717, 1.165) is 0 Å². The third-order valence-electron chi connectivity index (χ3n) is 2.55. The van der Waals surface area contributed by atoms with Gasteiger partial charge in [-0.1, -0.05) is 0 Å². The standard InChI is InChI=1S/C13H19N3O5/c1-20-6-7-21-11-4-2-9(8-15-11)16-13(19)10(14)3-5-12(17)18/h2,4,8,10H,3,5-7,14H2,1H3,(H,16,19)(H,17,18). The minimum atomic E-state index is -0.988. The number of anilines is 1. The highest BCUT2D eigenvalue weighted by atomic mass is 16.5. The summed E-state index contributed by atoms with van der Waals surface area (Å²) >= 11 is 0. The molecular weight excluding hydrogens is 278 g/mol. The SMILES string of the molecule is COCCOc1ccc(NC(=O)C(N)CCC(=O)O)cn1. The zero-order chi connectivity index (χ0) is 15.7. The molecular formula is C13H19N3O5. The van der Waals surface area contributed by atoms with Crippen molar-refractivity contribution in [2.75, 3.05) is 25.6 Å². The number of hydrogen-bond acceptors (Lipinski definition) is 6. The van der Waals surface area contributed by atoms with Gasteiger partial charge in [0.05, 0.1) is 24.5 Å². The molecule has 8 heteroatoms. The third-order valence-corrected chi connectivity index (χ3v) is 2.55. The van der Waals surface area contributed by atoms with E-state index in [1.165, 1.54) is 6.20 Å². The van der Waals surface area contributed by atoms with Crippen molar-refractivity contribution in [3.8, 4) is 5.88 Å². The summed E-state index contributed by atoms with van der Waals surface area (Å²) in [5, 5.41) is 11.1. The first-order valence-electron chi connectivity index (χ1n) is 6.39. The Morgan fingerprint density at radius 1 is 1.43 bits per heavy atom. The fraction of sp³-hybridized carbons (Fsp3) is 0.462. The molecule has 4 N–H and O–H groups in total. The number of methoxy groups -OCH3 is 1. The van der Waals surface area contributed by atoms with E-state index in [1.807, 2.05) is 0 Å². The van der Waals surface area contributed by atoms with Gasteiger partial charge in [0.25, 0.3) is 0 Å². The number of nitrogens with two attached hydrogens (primary N) is 1. The molecule has 1 aromatic heterocycles. The monoisotopic (exact) mass is 297 g/mol. The van der Waals surface area contributed by atoms with Gasteiger partial charge >= 0.3 is 5.97 Å². The van der Waals surface area contributed by atoms with Crippen LogP contribution in [-0.4, -0.2) is 48.3 Å². The molecule has 1 rings (SSSR count). The molecule has 1 aromatic rings. The largest absolute Gasteiger partial charge is 0.481 e. The smallest absolute Gasteiger partial charge is 0.303 e. The summed E-state index contributed by atoms with van der Waals surface area (Å²) in [4.78, 5) is 26.1. The van der Waals surface area contributed by atoms with Crippen LogP contribution in [0.2, 0.25) is 0 Å². The molecule has 0 aliphatic rings. The number of aliphatic carboxylic acids is 1. The lowest BCUT2D eigenvalue weighted by Gasteiger charge is -2.11. The molecule has 0 fully saturated rings. The van der Waals surface area contributed by atoms with Crippen LogP contribution < -0.4 is 15.8 Å². The van der Waals surface area contributed by atoms with Crippen LogP contribution in [0.5, 0.6) is 5.88 Å². The van der Waals surface area contributed by atoms with E-state index < -0.39 is 17.9 Å². The summed E-state index contributed by atoms with van der Waals surface area (Å²) in [6, 6.07) is 2.35. The summed E-state index contributed by atoms with van der Waals surface area (Å²) in [6.07, 6.45) is 1.36. The van der Waals surface area contributed by atoms with Gasteiger partial charge in [-0.05, 0) is 12.5 Å². The lowest BCUT2D eigenvalue weighted by Crippen LogP contribution is -2.36. The van der Waals surface area contributed by atoms with Crippen molar-refractivity contribution in [3.63, 3.8) is 0 Å². The summed E-state index contributed by atoms with van der Waals surface area (Å²) < 4.78 is 10.1. The molecule has 0 radical (unpaired) electrons. The van der Waals surface area contributed by atoms with Gasteiger partial charge in [-0.25, -0.2) is 4.98 Å². The van der Waals surface area contributed by atoms with E-state index in [-0.39, 0.29) is 12.8 Å². The Morgan fingerprint density at radius 3 is 2.76 bits per heavy atom. The van der Waals surface area contributed by atoms with Crippen molar-refractivity contribution >= 4 is 17.6 Å². The number of ether oxygens (including phenoxy) is 2. The number of carboxylic acid groups (broad SMARTS) is 1. The molecule has 1 heterocycles. The predicted octanol–water partition coefficient (Wildman–Crippen LogP) is 0.237. The molecule has 8 nitrogen and oxygen atoms in total. The fourth-order valence-corrected chi connectivity index (χ4v) is 1.41. The van der Waals surface area contributed by atoms with Crippen molar-refractivity contribution in [3.05, 3.63) is 18.3 Å². The molecule has 1 atom stereocenters. The Labute approximate surface area is 122 Å².